The molecule has 0 bridgehead atoms. The number of nitrogens with one attached hydrogen (secondary N) is 2. The molecular formula is C22H31N5O3S2. The molecule has 1 saturated heterocycles. The van der Waals surface area contributed by atoms with Gasteiger partial charge in [-0.3, -0.25) is 4.79 Å². The second kappa shape index (κ2) is 11.6. The normalized spacial score (nSPS) is 16.0. The average molecular weight is 478 g/mol. The Kier molecular flexibility index (Phi) is 8.92. The number of piperazine rings is 1. The van der Waals surface area contributed by atoms with E-state index in [4.69, 9.17) is 0 Å². The third-order valence-corrected chi connectivity index (χ3v) is 7.51. The van der Waals surface area contributed by atoms with E-state index in [0.717, 1.165) is 37.6 Å². The molecule has 2 aromatic rings. The highest BCUT2D eigenvalue weighted by atomic mass is 32.2. The van der Waals surface area contributed by atoms with E-state index in [9.17, 15) is 13.2 Å². The van der Waals surface area contributed by atoms with Crippen molar-refractivity contribution in [2.75, 3.05) is 50.1 Å². The Labute approximate surface area is 194 Å². The van der Waals surface area contributed by atoms with Crippen LogP contribution in [0.4, 0.5) is 5.82 Å². The van der Waals surface area contributed by atoms with Crippen LogP contribution in [0.3, 0.4) is 0 Å². The number of aromatic nitrogens is 1. The second-order valence-electron chi connectivity index (χ2n) is 7.80. The number of nitrogens with zero attached hydrogens (tertiary/aromatic N) is 3. The lowest BCUT2D eigenvalue weighted by molar-refractivity contribution is -0.122. The van der Waals surface area contributed by atoms with Gasteiger partial charge in [-0.2, -0.15) is 16.5 Å². The summed E-state index contributed by atoms with van der Waals surface area (Å²) in [6.45, 7) is 4.19. The zero-order valence-electron chi connectivity index (χ0n) is 18.5. The molecule has 0 saturated carbocycles. The second-order valence-corrected chi connectivity index (χ2v) is 10.5. The molecule has 1 amide bonds. The molecular weight excluding hydrogens is 446 g/mol. The Bertz CT molecular complexity index is 963. The summed E-state index contributed by atoms with van der Waals surface area (Å²) >= 11 is 1.57. The fraction of sp³-hybridized carbons (Fsp3) is 0.455. The van der Waals surface area contributed by atoms with Gasteiger partial charge in [0.05, 0.1) is 4.90 Å². The number of benzene rings is 1. The van der Waals surface area contributed by atoms with Crippen LogP contribution in [0.15, 0.2) is 53.6 Å². The molecule has 10 heteroatoms. The zero-order valence-corrected chi connectivity index (χ0v) is 20.2. The van der Waals surface area contributed by atoms with Gasteiger partial charge in [0.1, 0.15) is 11.9 Å². The van der Waals surface area contributed by atoms with Crippen LogP contribution in [0, 0.1) is 0 Å². The van der Waals surface area contributed by atoms with E-state index in [1.54, 1.807) is 36.2 Å². The lowest BCUT2D eigenvalue weighted by atomic mass is 10.2. The van der Waals surface area contributed by atoms with E-state index in [-0.39, 0.29) is 17.3 Å². The third-order valence-electron chi connectivity index (χ3n) is 5.38. The van der Waals surface area contributed by atoms with E-state index in [2.05, 4.69) is 31.9 Å². The standard InChI is InChI=1S/C22H31N5O3S2/c1-26-11-13-27(14-12-26)21-9-8-18(16-23-21)17-24-22(28)20(10-15-31-2)25-32(29,30)19-6-4-3-5-7-19/h3-9,16,20,25H,10-15,17H2,1-2H3,(H,24,28). The summed E-state index contributed by atoms with van der Waals surface area (Å²) in [5, 5.41) is 2.85. The van der Waals surface area contributed by atoms with Gasteiger partial charge in [-0.25, -0.2) is 13.4 Å². The van der Waals surface area contributed by atoms with Crippen LogP contribution >= 0.6 is 11.8 Å². The first kappa shape index (κ1) is 24.5. The summed E-state index contributed by atoms with van der Waals surface area (Å²) in [5.41, 5.74) is 0.866. The highest BCUT2D eigenvalue weighted by Crippen LogP contribution is 2.14. The molecule has 1 unspecified atom stereocenters. The predicted molar refractivity (Wildman–Crippen MR) is 129 cm³/mol. The van der Waals surface area contributed by atoms with Crippen molar-refractivity contribution in [3.05, 3.63) is 54.2 Å². The molecule has 2 heterocycles. The summed E-state index contributed by atoms with van der Waals surface area (Å²) in [7, 11) is -1.67. The molecule has 1 aliphatic rings. The lowest BCUT2D eigenvalue weighted by Crippen LogP contribution is -2.46. The number of hydrogen-bond donors (Lipinski definition) is 2. The number of hydrogen-bond acceptors (Lipinski definition) is 7. The van der Waals surface area contributed by atoms with Crippen molar-refractivity contribution in [1.29, 1.82) is 0 Å². The number of rotatable bonds is 10. The van der Waals surface area contributed by atoms with Crippen molar-refractivity contribution < 1.29 is 13.2 Å². The maximum atomic E-state index is 12.8. The maximum absolute atomic E-state index is 12.8. The minimum Gasteiger partial charge on any atom is -0.354 e. The van der Waals surface area contributed by atoms with E-state index in [0.29, 0.717) is 12.2 Å². The minimum atomic E-state index is -3.78. The fourth-order valence-electron chi connectivity index (χ4n) is 3.39. The first-order chi connectivity index (χ1) is 15.4. The largest absolute Gasteiger partial charge is 0.354 e. The quantitative estimate of drug-likeness (QED) is 0.536. The van der Waals surface area contributed by atoms with Gasteiger partial charge >= 0.3 is 0 Å². The Morgan fingerprint density at radius 3 is 2.47 bits per heavy atom. The smallest absolute Gasteiger partial charge is 0.241 e. The molecule has 32 heavy (non-hydrogen) atoms. The molecule has 1 aromatic heterocycles. The molecule has 1 fully saturated rings. The highest BCUT2D eigenvalue weighted by molar-refractivity contribution is 7.98. The highest BCUT2D eigenvalue weighted by Gasteiger charge is 2.25. The number of anilines is 1. The Balaban J connectivity index is 1.59. The van der Waals surface area contributed by atoms with Gasteiger partial charge in [-0.05, 0) is 49.2 Å². The van der Waals surface area contributed by atoms with Crippen molar-refractivity contribution in [2.24, 2.45) is 0 Å². The molecule has 0 radical (unpaired) electrons. The summed E-state index contributed by atoms with van der Waals surface area (Å²) in [6.07, 6.45) is 4.09. The van der Waals surface area contributed by atoms with Crippen molar-refractivity contribution in [2.45, 2.75) is 23.9 Å². The number of carbonyl (C=O) groups excluding carboxylic acids is 1. The number of carbonyl (C=O) groups is 1. The Hall–Kier alpha value is -2.14. The first-order valence-corrected chi connectivity index (χ1v) is 13.5. The van der Waals surface area contributed by atoms with Crippen LogP contribution in [0.25, 0.3) is 0 Å². The first-order valence-electron chi connectivity index (χ1n) is 10.6. The molecule has 0 spiro atoms. The Morgan fingerprint density at radius 1 is 1.12 bits per heavy atom. The summed E-state index contributed by atoms with van der Waals surface area (Å²) in [5.74, 6) is 1.25. The summed E-state index contributed by atoms with van der Waals surface area (Å²) in [4.78, 5) is 22.0. The van der Waals surface area contributed by atoms with Crippen LogP contribution in [0.1, 0.15) is 12.0 Å². The predicted octanol–water partition coefficient (Wildman–Crippen LogP) is 1.55. The van der Waals surface area contributed by atoms with Crippen LogP contribution in [-0.2, 0) is 21.4 Å². The molecule has 3 rings (SSSR count). The number of likely N-dealkylation sites (N-methyl/N-ethyl adjacent to an activating group) is 1. The van der Waals surface area contributed by atoms with Crippen LogP contribution in [0.5, 0.6) is 0 Å². The molecule has 8 nitrogen and oxygen atoms in total. The lowest BCUT2D eigenvalue weighted by Gasteiger charge is -2.33. The van der Waals surface area contributed by atoms with Gasteiger partial charge in [0.15, 0.2) is 0 Å². The van der Waals surface area contributed by atoms with E-state index in [1.165, 1.54) is 12.1 Å². The zero-order chi connectivity index (χ0) is 23.0. The maximum Gasteiger partial charge on any atom is 0.241 e. The van der Waals surface area contributed by atoms with Gasteiger partial charge in [-0.15, -0.1) is 0 Å². The summed E-state index contributed by atoms with van der Waals surface area (Å²) < 4.78 is 27.9. The van der Waals surface area contributed by atoms with Gasteiger partial charge < -0.3 is 15.1 Å². The molecule has 1 atom stereocenters. The van der Waals surface area contributed by atoms with Crippen LogP contribution < -0.4 is 14.9 Å². The number of sulfonamides is 1. The number of pyridine rings is 1. The van der Waals surface area contributed by atoms with Crippen molar-refractivity contribution in [1.82, 2.24) is 19.9 Å². The average Bonchev–Trinajstić information content (AvgIpc) is 2.81. The van der Waals surface area contributed by atoms with Gasteiger partial charge in [0.25, 0.3) is 0 Å². The summed E-state index contributed by atoms with van der Waals surface area (Å²) in [6, 6.07) is 11.2. The van der Waals surface area contributed by atoms with E-state index in [1.807, 2.05) is 18.4 Å². The molecule has 1 aliphatic heterocycles. The van der Waals surface area contributed by atoms with Crippen molar-refractivity contribution in [3.8, 4) is 0 Å². The molecule has 2 N–H and O–H groups in total. The van der Waals surface area contributed by atoms with Crippen LogP contribution in [-0.4, -0.2) is 75.5 Å². The number of amides is 1. The van der Waals surface area contributed by atoms with Gasteiger partial charge in [-0.1, -0.05) is 24.3 Å². The van der Waals surface area contributed by atoms with Crippen LogP contribution in [0.2, 0.25) is 0 Å². The third kappa shape index (κ3) is 6.93. The van der Waals surface area contributed by atoms with Crippen molar-refractivity contribution in [3.63, 3.8) is 0 Å². The molecule has 174 valence electrons. The SMILES string of the molecule is CSCCC(NS(=O)(=O)c1ccccc1)C(=O)NCc1ccc(N2CCN(C)CC2)nc1. The van der Waals surface area contributed by atoms with E-state index >= 15 is 0 Å². The van der Waals surface area contributed by atoms with Gasteiger partial charge in [0.2, 0.25) is 15.9 Å². The number of thioether (sulfide) groups is 1. The minimum absolute atomic E-state index is 0.144. The van der Waals surface area contributed by atoms with Gasteiger partial charge in [0, 0.05) is 38.9 Å². The Morgan fingerprint density at radius 2 is 1.84 bits per heavy atom. The molecule has 0 aliphatic carbocycles. The van der Waals surface area contributed by atoms with Crippen molar-refractivity contribution >= 4 is 33.5 Å². The molecule has 1 aromatic carbocycles. The fourth-order valence-corrected chi connectivity index (χ4v) is 5.11. The van der Waals surface area contributed by atoms with E-state index < -0.39 is 16.1 Å². The topological polar surface area (TPSA) is 94.6 Å². The monoisotopic (exact) mass is 477 g/mol.